The molecule has 1 aromatic heterocycles. The zero-order chi connectivity index (χ0) is 13.8. The fraction of sp³-hybridized carbons (Fsp3) is 0.438. The van der Waals surface area contributed by atoms with Crippen LogP contribution in [0.25, 0.3) is 10.9 Å². The summed E-state index contributed by atoms with van der Waals surface area (Å²) >= 11 is 0. The summed E-state index contributed by atoms with van der Waals surface area (Å²) in [5.41, 5.74) is 3.13. The summed E-state index contributed by atoms with van der Waals surface area (Å²) < 4.78 is 0. The van der Waals surface area contributed by atoms with Crippen molar-refractivity contribution >= 4 is 10.9 Å². The van der Waals surface area contributed by atoms with E-state index in [1.807, 2.05) is 19.1 Å². The summed E-state index contributed by atoms with van der Waals surface area (Å²) in [6, 6.07) is 10.3. The molecule has 0 radical (unpaired) electrons. The topological polar surface area (TPSA) is 36.4 Å². The predicted octanol–water partition coefficient (Wildman–Crippen LogP) is 2.75. The standard InChI is InChI=1S/C16H22N2O/c1-4-18(5-2)15(19)11-14-8-6-7-13-10-9-12(3)17-16(13)14/h6-10,15,19H,4-5,11H2,1-3H3. The smallest absolute Gasteiger partial charge is 0.111 e. The summed E-state index contributed by atoms with van der Waals surface area (Å²) in [5.74, 6) is 0. The first kappa shape index (κ1) is 14.0. The Balaban J connectivity index is 2.32. The molecule has 1 unspecified atom stereocenters. The minimum absolute atomic E-state index is 0.442. The lowest BCUT2D eigenvalue weighted by molar-refractivity contribution is 0.0118. The number of para-hydroxylation sites is 1. The van der Waals surface area contributed by atoms with E-state index < -0.39 is 6.23 Å². The second-order valence-electron chi connectivity index (χ2n) is 4.85. The van der Waals surface area contributed by atoms with Gasteiger partial charge in [0.1, 0.15) is 6.23 Å². The first-order chi connectivity index (χ1) is 9.15. The number of aromatic nitrogens is 1. The van der Waals surface area contributed by atoms with E-state index in [9.17, 15) is 5.11 Å². The molecule has 0 saturated heterocycles. The number of nitrogens with zero attached hydrogens (tertiary/aromatic N) is 2. The van der Waals surface area contributed by atoms with Crippen molar-refractivity contribution in [2.45, 2.75) is 33.4 Å². The zero-order valence-electron chi connectivity index (χ0n) is 11.9. The summed E-state index contributed by atoms with van der Waals surface area (Å²) in [5, 5.41) is 11.4. The molecule has 2 aromatic rings. The molecule has 0 aliphatic rings. The van der Waals surface area contributed by atoms with E-state index in [0.29, 0.717) is 6.42 Å². The highest BCUT2D eigenvalue weighted by atomic mass is 16.3. The number of aliphatic hydroxyl groups excluding tert-OH is 1. The monoisotopic (exact) mass is 258 g/mol. The summed E-state index contributed by atoms with van der Waals surface area (Å²) in [4.78, 5) is 6.66. The van der Waals surface area contributed by atoms with Crippen LogP contribution in [0.1, 0.15) is 25.1 Å². The number of rotatable bonds is 5. The molecule has 19 heavy (non-hydrogen) atoms. The van der Waals surface area contributed by atoms with Gasteiger partial charge in [-0.3, -0.25) is 9.88 Å². The first-order valence-corrected chi connectivity index (χ1v) is 6.93. The number of pyridine rings is 1. The van der Waals surface area contributed by atoms with Crippen LogP contribution in [0.4, 0.5) is 0 Å². The number of fused-ring (bicyclic) bond motifs is 1. The average Bonchev–Trinajstić information content (AvgIpc) is 2.41. The normalized spacial score (nSPS) is 13.1. The number of aryl methyl sites for hydroxylation is 1. The van der Waals surface area contributed by atoms with Crippen LogP contribution in [0, 0.1) is 6.92 Å². The van der Waals surface area contributed by atoms with Gasteiger partial charge in [0.05, 0.1) is 5.52 Å². The van der Waals surface area contributed by atoms with Gasteiger partial charge >= 0.3 is 0 Å². The summed E-state index contributed by atoms with van der Waals surface area (Å²) in [6.45, 7) is 7.84. The Kier molecular flexibility index (Phi) is 4.51. The number of hydrogen-bond donors (Lipinski definition) is 1. The van der Waals surface area contributed by atoms with Crippen LogP contribution in [0.2, 0.25) is 0 Å². The van der Waals surface area contributed by atoms with Crippen molar-refractivity contribution in [1.82, 2.24) is 9.88 Å². The van der Waals surface area contributed by atoms with Crippen LogP contribution in [0.3, 0.4) is 0 Å². The molecular formula is C16H22N2O. The lowest BCUT2D eigenvalue weighted by Gasteiger charge is -2.25. The molecule has 1 atom stereocenters. The lowest BCUT2D eigenvalue weighted by atomic mass is 10.1. The average molecular weight is 258 g/mol. The highest BCUT2D eigenvalue weighted by Gasteiger charge is 2.14. The largest absolute Gasteiger partial charge is 0.378 e. The Labute approximate surface area is 114 Å². The van der Waals surface area contributed by atoms with Crippen LogP contribution in [-0.2, 0) is 6.42 Å². The molecule has 0 spiro atoms. The van der Waals surface area contributed by atoms with E-state index in [4.69, 9.17) is 0 Å². The lowest BCUT2D eigenvalue weighted by Crippen LogP contribution is -2.36. The van der Waals surface area contributed by atoms with Crippen molar-refractivity contribution in [1.29, 1.82) is 0 Å². The maximum atomic E-state index is 10.3. The summed E-state index contributed by atoms with van der Waals surface area (Å²) in [7, 11) is 0. The predicted molar refractivity (Wildman–Crippen MR) is 79.1 cm³/mol. The quantitative estimate of drug-likeness (QED) is 0.838. The third-order valence-electron chi connectivity index (χ3n) is 3.58. The molecule has 0 amide bonds. The highest BCUT2D eigenvalue weighted by Crippen LogP contribution is 2.19. The van der Waals surface area contributed by atoms with Crippen molar-refractivity contribution in [3.8, 4) is 0 Å². The molecular weight excluding hydrogens is 236 g/mol. The Bertz CT molecular complexity index is 549. The molecule has 0 saturated carbocycles. The van der Waals surface area contributed by atoms with Crippen molar-refractivity contribution in [2.75, 3.05) is 13.1 Å². The Morgan fingerprint density at radius 2 is 1.89 bits per heavy atom. The third-order valence-corrected chi connectivity index (χ3v) is 3.58. The third kappa shape index (κ3) is 3.11. The van der Waals surface area contributed by atoms with Crippen molar-refractivity contribution in [3.63, 3.8) is 0 Å². The Hall–Kier alpha value is -1.45. The van der Waals surface area contributed by atoms with Crippen LogP contribution < -0.4 is 0 Å². The number of aliphatic hydroxyl groups is 1. The van der Waals surface area contributed by atoms with E-state index in [1.165, 1.54) is 0 Å². The Morgan fingerprint density at radius 3 is 2.58 bits per heavy atom. The number of benzene rings is 1. The molecule has 1 N–H and O–H groups in total. The van der Waals surface area contributed by atoms with Gasteiger partial charge in [0.15, 0.2) is 0 Å². The SMILES string of the molecule is CCN(CC)C(O)Cc1cccc2ccc(C)nc12. The molecule has 1 aromatic carbocycles. The number of hydrogen-bond acceptors (Lipinski definition) is 3. The highest BCUT2D eigenvalue weighted by molar-refractivity contribution is 5.81. The maximum Gasteiger partial charge on any atom is 0.111 e. The molecule has 1 heterocycles. The van der Waals surface area contributed by atoms with Gasteiger partial charge in [-0.15, -0.1) is 0 Å². The fourth-order valence-electron chi connectivity index (χ4n) is 2.44. The second kappa shape index (κ2) is 6.13. The molecule has 3 nitrogen and oxygen atoms in total. The van der Waals surface area contributed by atoms with Gasteiger partial charge in [0.2, 0.25) is 0 Å². The van der Waals surface area contributed by atoms with Crippen LogP contribution in [0.5, 0.6) is 0 Å². The Morgan fingerprint density at radius 1 is 1.16 bits per heavy atom. The molecule has 0 fully saturated rings. The van der Waals surface area contributed by atoms with Gasteiger partial charge in [0.25, 0.3) is 0 Å². The minimum atomic E-state index is -0.442. The van der Waals surface area contributed by atoms with Crippen molar-refractivity contribution in [2.24, 2.45) is 0 Å². The van der Waals surface area contributed by atoms with Crippen molar-refractivity contribution in [3.05, 3.63) is 41.6 Å². The number of likely N-dealkylation sites (N-methyl/N-ethyl adjacent to an activating group) is 1. The van der Waals surface area contributed by atoms with Gasteiger partial charge in [-0.25, -0.2) is 0 Å². The van der Waals surface area contributed by atoms with Gasteiger partial charge in [0, 0.05) is 17.5 Å². The zero-order valence-corrected chi connectivity index (χ0v) is 11.9. The molecule has 3 heteroatoms. The van der Waals surface area contributed by atoms with Gasteiger partial charge < -0.3 is 5.11 Å². The fourth-order valence-corrected chi connectivity index (χ4v) is 2.44. The van der Waals surface area contributed by atoms with Gasteiger partial charge in [-0.2, -0.15) is 0 Å². The molecule has 0 aliphatic heterocycles. The van der Waals surface area contributed by atoms with E-state index >= 15 is 0 Å². The first-order valence-electron chi connectivity index (χ1n) is 6.93. The maximum absolute atomic E-state index is 10.3. The van der Waals surface area contributed by atoms with E-state index in [2.05, 4.69) is 41.9 Å². The van der Waals surface area contributed by atoms with E-state index in [0.717, 1.165) is 35.2 Å². The second-order valence-corrected chi connectivity index (χ2v) is 4.85. The van der Waals surface area contributed by atoms with Gasteiger partial charge in [-0.05, 0) is 31.6 Å². The molecule has 0 aliphatic carbocycles. The van der Waals surface area contributed by atoms with Crippen LogP contribution >= 0.6 is 0 Å². The van der Waals surface area contributed by atoms with Crippen LogP contribution in [0.15, 0.2) is 30.3 Å². The molecule has 102 valence electrons. The van der Waals surface area contributed by atoms with Crippen molar-refractivity contribution < 1.29 is 5.11 Å². The minimum Gasteiger partial charge on any atom is -0.378 e. The van der Waals surface area contributed by atoms with E-state index in [1.54, 1.807) is 0 Å². The van der Waals surface area contributed by atoms with Gasteiger partial charge in [-0.1, -0.05) is 38.1 Å². The van der Waals surface area contributed by atoms with E-state index in [-0.39, 0.29) is 0 Å². The summed E-state index contributed by atoms with van der Waals surface area (Å²) in [6.07, 6.45) is 0.179. The van der Waals surface area contributed by atoms with Crippen LogP contribution in [-0.4, -0.2) is 34.3 Å². The molecule has 2 rings (SSSR count). The molecule has 0 bridgehead atoms.